The standard InChI is InChI=1S/C16H28N2O2/c1-5-12(4)13-14(19)18(10-11(2)3)16(15(20)17-13)8-6-7-9-16/h11-13H,5-10H2,1-4H3,(H,17,20). The molecule has 20 heavy (non-hydrogen) atoms. The first-order valence-electron chi connectivity index (χ1n) is 8.05. The molecule has 2 aliphatic rings. The van der Waals surface area contributed by atoms with E-state index in [4.69, 9.17) is 0 Å². The Morgan fingerprint density at radius 2 is 1.85 bits per heavy atom. The van der Waals surface area contributed by atoms with Crippen molar-refractivity contribution in [3.8, 4) is 0 Å². The third kappa shape index (κ3) is 2.45. The van der Waals surface area contributed by atoms with E-state index in [1.165, 1.54) is 0 Å². The topological polar surface area (TPSA) is 49.4 Å². The minimum absolute atomic E-state index is 0.0838. The number of amides is 2. The Bertz CT molecular complexity index is 386. The maximum Gasteiger partial charge on any atom is 0.246 e. The average Bonchev–Trinajstić information content (AvgIpc) is 2.89. The third-order valence-corrected chi connectivity index (χ3v) is 4.95. The predicted octanol–water partition coefficient (Wildman–Crippen LogP) is 2.33. The predicted molar refractivity (Wildman–Crippen MR) is 79.1 cm³/mol. The van der Waals surface area contributed by atoms with Crippen LogP contribution < -0.4 is 5.32 Å². The molecule has 2 unspecified atom stereocenters. The minimum Gasteiger partial charge on any atom is -0.342 e. The van der Waals surface area contributed by atoms with Crippen molar-refractivity contribution in [2.24, 2.45) is 11.8 Å². The SMILES string of the molecule is CCC(C)C1NC(=O)C2(CCCC2)N(CC(C)C)C1=O. The number of rotatable bonds is 4. The summed E-state index contributed by atoms with van der Waals surface area (Å²) in [5.41, 5.74) is -0.550. The van der Waals surface area contributed by atoms with Crippen LogP contribution >= 0.6 is 0 Å². The van der Waals surface area contributed by atoms with E-state index < -0.39 is 5.54 Å². The molecule has 1 aliphatic heterocycles. The lowest BCUT2D eigenvalue weighted by Crippen LogP contribution is -2.71. The second-order valence-corrected chi connectivity index (χ2v) is 6.92. The highest BCUT2D eigenvalue weighted by molar-refractivity contribution is 6.00. The zero-order chi connectivity index (χ0) is 14.9. The number of piperazine rings is 1. The van der Waals surface area contributed by atoms with Gasteiger partial charge in [0.15, 0.2) is 0 Å². The lowest BCUT2D eigenvalue weighted by Gasteiger charge is -2.48. The number of nitrogens with one attached hydrogen (secondary N) is 1. The van der Waals surface area contributed by atoms with Crippen LogP contribution in [-0.4, -0.2) is 34.8 Å². The van der Waals surface area contributed by atoms with Gasteiger partial charge in [0.2, 0.25) is 11.8 Å². The van der Waals surface area contributed by atoms with Gasteiger partial charge in [0.25, 0.3) is 0 Å². The summed E-state index contributed by atoms with van der Waals surface area (Å²) in [6.45, 7) is 9.03. The van der Waals surface area contributed by atoms with Crippen LogP contribution in [-0.2, 0) is 9.59 Å². The van der Waals surface area contributed by atoms with Gasteiger partial charge in [0, 0.05) is 6.54 Å². The zero-order valence-corrected chi connectivity index (χ0v) is 13.2. The first-order valence-corrected chi connectivity index (χ1v) is 8.05. The van der Waals surface area contributed by atoms with Crippen molar-refractivity contribution < 1.29 is 9.59 Å². The molecule has 1 aliphatic carbocycles. The van der Waals surface area contributed by atoms with E-state index in [1.807, 2.05) is 11.8 Å². The molecule has 2 atom stereocenters. The van der Waals surface area contributed by atoms with E-state index in [-0.39, 0.29) is 23.8 Å². The number of hydrogen-bond donors (Lipinski definition) is 1. The molecule has 0 aromatic carbocycles. The molecular formula is C16H28N2O2. The summed E-state index contributed by atoms with van der Waals surface area (Å²) in [6, 6.07) is -0.336. The second kappa shape index (κ2) is 5.74. The fraction of sp³-hybridized carbons (Fsp3) is 0.875. The van der Waals surface area contributed by atoms with Crippen molar-refractivity contribution in [2.45, 2.75) is 71.4 Å². The number of nitrogens with zero attached hydrogens (tertiary/aromatic N) is 1. The molecule has 0 radical (unpaired) electrons. The van der Waals surface area contributed by atoms with Gasteiger partial charge in [-0.3, -0.25) is 9.59 Å². The highest BCUT2D eigenvalue weighted by Gasteiger charge is 2.54. The molecule has 4 heteroatoms. The summed E-state index contributed by atoms with van der Waals surface area (Å²) in [5.74, 6) is 0.801. The maximum absolute atomic E-state index is 12.9. The summed E-state index contributed by atoms with van der Waals surface area (Å²) in [7, 11) is 0. The second-order valence-electron chi connectivity index (χ2n) is 6.92. The molecule has 1 saturated carbocycles. The molecule has 2 amide bonds. The summed E-state index contributed by atoms with van der Waals surface area (Å²) < 4.78 is 0. The van der Waals surface area contributed by atoms with Gasteiger partial charge < -0.3 is 10.2 Å². The van der Waals surface area contributed by atoms with Crippen LogP contribution in [0.25, 0.3) is 0 Å². The van der Waals surface area contributed by atoms with E-state index in [2.05, 4.69) is 26.1 Å². The van der Waals surface area contributed by atoms with E-state index in [0.717, 1.165) is 32.1 Å². The molecule has 1 N–H and O–H groups in total. The maximum atomic E-state index is 12.9. The smallest absolute Gasteiger partial charge is 0.246 e. The Morgan fingerprint density at radius 3 is 2.35 bits per heavy atom. The monoisotopic (exact) mass is 280 g/mol. The zero-order valence-electron chi connectivity index (χ0n) is 13.2. The van der Waals surface area contributed by atoms with Gasteiger partial charge in [-0.25, -0.2) is 0 Å². The molecule has 1 heterocycles. The van der Waals surface area contributed by atoms with Crippen LogP contribution in [0.1, 0.15) is 59.8 Å². The van der Waals surface area contributed by atoms with Crippen LogP contribution in [0.2, 0.25) is 0 Å². The normalized spacial score (nSPS) is 27.2. The molecule has 1 saturated heterocycles. The Morgan fingerprint density at radius 1 is 1.25 bits per heavy atom. The van der Waals surface area contributed by atoms with Crippen molar-refractivity contribution in [1.82, 2.24) is 10.2 Å². The fourth-order valence-electron chi connectivity index (χ4n) is 3.55. The summed E-state index contributed by atoms with van der Waals surface area (Å²) in [4.78, 5) is 27.5. The van der Waals surface area contributed by atoms with E-state index in [1.54, 1.807) is 0 Å². The number of hydrogen-bond acceptors (Lipinski definition) is 2. The van der Waals surface area contributed by atoms with Gasteiger partial charge >= 0.3 is 0 Å². The van der Waals surface area contributed by atoms with Crippen molar-refractivity contribution in [1.29, 1.82) is 0 Å². The molecule has 0 aromatic heterocycles. The number of carbonyl (C=O) groups is 2. The van der Waals surface area contributed by atoms with Gasteiger partial charge in [-0.15, -0.1) is 0 Å². The molecule has 2 rings (SSSR count). The number of carbonyl (C=O) groups excluding carboxylic acids is 2. The van der Waals surface area contributed by atoms with E-state index in [0.29, 0.717) is 12.5 Å². The van der Waals surface area contributed by atoms with Crippen LogP contribution in [0.3, 0.4) is 0 Å². The van der Waals surface area contributed by atoms with Crippen molar-refractivity contribution >= 4 is 11.8 Å². The lowest BCUT2D eigenvalue weighted by molar-refractivity contribution is -0.159. The molecule has 114 valence electrons. The van der Waals surface area contributed by atoms with Crippen LogP contribution in [0.15, 0.2) is 0 Å². The third-order valence-electron chi connectivity index (χ3n) is 4.95. The minimum atomic E-state index is -0.550. The highest BCUT2D eigenvalue weighted by atomic mass is 16.2. The quantitative estimate of drug-likeness (QED) is 0.859. The van der Waals surface area contributed by atoms with Gasteiger partial charge in [0.05, 0.1) is 0 Å². The molecular weight excluding hydrogens is 252 g/mol. The molecule has 1 spiro atoms. The van der Waals surface area contributed by atoms with Crippen molar-refractivity contribution in [2.75, 3.05) is 6.54 Å². The fourth-order valence-corrected chi connectivity index (χ4v) is 3.55. The molecule has 0 aromatic rings. The summed E-state index contributed by atoms with van der Waals surface area (Å²) in [5, 5.41) is 3.02. The summed E-state index contributed by atoms with van der Waals surface area (Å²) in [6.07, 6.45) is 4.64. The molecule has 4 nitrogen and oxygen atoms in total. The Labute approximate surface area is 122 Å². The van der Waals surface area contributed by atoms with E-state index >= 15 is 0 Å². The lowest BCUT2D eigenvalue weighted by atomic mass is 9.85. The van der Waals surface area contributed by atoms with Gasteiger partial charge in [-0.1, -0.05) is 47.0 Å². The van der Waals surface area contributed by atoms with Gasteiger partial charge in [-0.05, 0) is 24.7 Å². The van der Waals surface area contributed by atoms with Crippen LogP contribution in [0.4, 0.5) is 0 Å². The first-order chi connectivity index (χ1) is 9.42. The Kier molecular flexibility index (Phi) is 4.40. The highest BCUT2D eigenvalue weighted by Crippen LogP contribution is 2.39. The van der Waals surface area contributed by atoms with E-state index in [9.17, 15) is 9.59 Å². The first kappa shape index (κ1) is 15.3. The van der Waals surface area contributed by atoms with Gasteiger partial charge in [0.1, 0.15) is 11.6 Å². The largest absolute Gasteiger partial charge is 0.342 e. The summed E-state index contributed by atoms with van der Waals surface area (Å²) >= 11 is 0. The average molecular weight is 280 g/mol. The van der Waals surface area contributed by atoms with Crippen LogP contribution in [0, 0.1) is 11.8 Å². The van der Waals surface area contributed by atoms with Gasteiger partial charge in [-0.2, -0.15) is 0 Å². The van der Waals surface area contributed by atoms with Crippen molar-refractivity contribution in [3.63, 3.8) is 0 Å². The van der Waals surface area contributed by atoms with Crippen molar-refractivity contribution in [3.05, 3.63) is 0 Å². The Balaban J connectivity index is 2.31. The molecule has 0 bridgehead atoms. The van der Waals surface area contributed by atoms with Crippen LogP contribution in [0.5, 0.6) is 0 Å². The molecule has 2 fully saturated rings. The Hall–Kier alpha value is -1.06.